The molecule has 0 saturated carbocycles. The fourth-order valence-corrected chi connectivity index (χ4v) is 2.01. The highest BCUT2D eigenvalue weighted by molar-refractivity contribution is 9.09. The number of hydrogen-bond donors (Lipinski definition) is 0. The molecular formula is C6H6BrClS. The second-order valence-corrected chi connectivity index (χ2v) is 3.97. The minimum atomic E-state index is 0.925. The molecule has 0 unspecified atom stereocenters. The average molecular weight is 226 g/mol. The molecule has 0 saturated heterocycles. The van der Waals surface area contributed by atoms with Gasteiger partial charge in [0.05, 0.1) is 4.34 Å². The van der Waals surface area contributed by atoms with E-state index in [0.717, 1.165) is 16.1 Å². The fourth-order valence-electron chi connectivity index (χ4n) is 0.601. The number of rotatable bonds is 2. The van der Waals surface area contributed by atoms with Crippen molar-refractivity contribution >= 4 is 38.9 Å². The van der Waals surface area contributed by atoms with Gasteiger partial charge in [-0.1, -0.05) is 27.5 Å². The predicted molar refractivity (Wildman–Crippen MR) is 46.8 cm³/mol. The Morgan fingerprint density at radius 2 is 2.44 bits per heavy atom. The van der Waals surface area contributed by atoms with Crippen LogP contribution in [0.25, 0.3) is 0 Å². The maximum absolute atomic E-state index is 5.82. The van der Waals surface area contributed by atoms with Gasteiger partial charge in [0.2, 0.25) is 0 Å². The second-order valence-electron chi connectivity index (χ2n) is 1.66. The summed E-state index contributed by atoms with van der Waals surface area (Å²) in [5.74, 6) is 0. The molecule has 0 spiro atoms. The lowest BCUT2D eigenvalue weighted by molar-refractivity contribution is 1.19. The molecule has 0 bridgehead atoms. The number of thiophene rings is 1. The number of alkyl halides is 1. The third kappa shape index (κ3) is 1.95. The first-order chi connectivity index (χ1) is 4.34. The fraction of sp³-hybridized carbons (Fsp3) is 0.333. The van der Waals surface area contributed by atoms with Gasteiger partial charge in [-0.2, -0.15) is 0 Å². The van der Waals surface area contributed by atoms with Crippen molar-refractivity contribution in [3.63, 3.8) is 0 Å². The lowest BCUT2D eigenvalue weighted by atomic mass is 10.3. The van der Waals surface area contributed by atoms with Gasteiger partial charge in [-0.3, -0.25) is 0 Å². The molecule has 3 heteroatoms. The third-order valence-electron chi connectivity index (χ3n) is 1.06. The molecule has 1 heterocycles. The van der Waals surface area contributed by atoms with Crippen LogP contribution in [0.4, 0.5) is 0 Å². The van der Waals surface area contributed by atoms with E-state index in [1.807, 2.05) is 5.38 Å². The Labute approximate surface area is 72.0 Å². The summed E-state index contributed by atoms with van der Waals surface area (Å²) in [6.07, 6.45) is 1.03. The molecule has 0 nitrogen and oxygen atoms in total. The maximum Gasteiger partial charge on any atom is 0.0960 e. The van der Waals surface area contributed by atoms with Crippen LogP contribution in [0.3, 0.4) is 0 Å². The number of aryl methyl sites for hydroxylation is 1. The molecule has 50 valence electrons. The van der Waals surface area contributed by atoms with Gasteiger partial charge in [0, 0.05) is 5.33 Å². The van der Waals surface area contributed by atoms with Crippen LogP contribution in [0.1, 0.15) is 5.56 Å². The second kappa shape index (κ2) is 3.59. The highest BCUT2D eigenvalue weighted by Crippen LogP contribution is 2.23. The maximum atomic E-state index is 5.82. The molecule has 1 rings (SSSR count). The predicted octanol–water partition coefficient (Wildman–Crippen LogP) is 3.34. The van der Waals surface area contributed by atoms with Crippen LogP contribution in [0, 0.1) is 0 Å². The highest BCUT2D eigenvalue weighted by atomic mass is 79.9. The molecule has 0 fully saturated rings. The van der Waals surface area contributed by atoms with E-state index in [1.165, 1.54) is 5.56 Å². The summed E-state index contributed by atoms with van der Waals surface area (Å²) >= 11 is 10.8. The molecule has 0 N–H and O–H groups in total. The van der Waals surface area contributed by atoms with Gasteiger partial charge < -0.3 is 0 Å². The highest BCUT2D eigenvalue weighted by Gasteiger charge is 1.97. The van der Waals surface area contributed by atoms with Gasteiger partial charge in [0.15, 0.2) is 0 Å². The topological polar surface area (TPSA) is 0 Å². The van der Waals surface area contributed by atoms with Crippen molar-refractivity contribution in [3.05, 3.63) is 21.3 Å². The summed E-state index contributed by atoms with van der Waals surface area (Å²) < 4.78 is 0.925. The van der Waals surface area contributed by atoms with Gasteiger partial charge in [-0.05, 0) is 23.4 Å². The van der Waals surface area contributed by atoms with Crippen LogP contribution in [0.2, 0.25) is 4.34 Å². The summed E-state index contributed by atoms with van der Waals surface area (Å²) in [5.41, 5.74) is 1.25. The molecule has 1 aromatic heterocycles. The molecule has 0 radical (unpaired) electrons. The quantitative estimate of drug-likeness (QED) is 0.677. The Morgan fingerprint density at radius 3 is 2.89 bits per heavy atom. The number of hydrogen-bond acceptors (Lipinski definition) is 1. The molecular weight excluding hydrogens is 219 g/mol. The summed E-state index contributed by atoms with van der Waals surface area (Å²) in [5, 5.41) is 3.00. The Hall–Kier alpha value is 0.470. The smallest absolute Gasteiger partial charge is 0.0960 e. The van der Waals surface area contributed by atoms with Gasteiger partial charge in [-0.15, -0.1) is 11.3 Å². The lowest BCUT2D eigenvalue weighted by Gasteiger charge is -1.89. The Bertz CT molecular complexity index is 185. The first-order valence-electron chi connectivity index (χ1n) is 2.62. The summed E-state index contributed by atoms with van der Waals surface area (Å²) in [6.45, 7) is 0. The van der Waals surface area contributed by atoms with Crippen molar-refractivity contribution in [3.8, 4) is 0 Å². The Balaban J connectivity index is 2.69. The van der Waals surface area contributed by atoms with E-state index in [0.29, 0.717) is 0 Å². The monoisotopic (exact) mass is 224 g/mol. The third-order valence-corrected chi connectivity index (χ3v) is 2.70. The van der Waals surface area contributed by atoms with Gasteiger partial charge in [0.25, 0.3) is 0 Å². The van der Waals surface area contributed by atoms with Crippen molar-refractivity contribution in [2.45, 2.75) is 6.42 Å². The minimum Gasteiger partial charge on any atom is -0.132 e. The van der Waals surface area contributed by atoms with E-state index >= 15 is 0 Å². The van der Waals surface area contributed by atoms with E-state index in [1.54, 1.807) is 11.3 Å². The first kappa shape index (κ1) is 7.58. The molecule has 0 atom stereocenters. The van der Waals surface area contributed by atoms with E-state index in [9.17, 15) is 0 Å². The molecule has 0 aliphatic heterocycles. The Morgan fingerprint density at radius 1 is 1.67 bits per heavy atom. The van der Waals surface area contributed by atoms with Crippen LogP contribution >= 0.6 is 38.9 Å². The SMILES string of the molecule is Clc1sccc1CCBr. The van der Waals surface area contributed by atoms with E-state index in [-0.39, 0.29) is 0 Å². The van der Waals surface area contributed by atoms with Crippen LogP contribution in [0.15, 0.2) is 11.4 Å². The molecule has 0 aromatic carbocycles. The van der Waals surface area contributed by atoms with Crippen molar-refractivity contribution in [1.29, 1.82) is 0 Å². The van der Waals surface area contributed by atoms with Crippen molar-refractivity contribution in [1.82, 2.24) is 0 Å². The standard InChI is InChI=1S/C6H6BrClS/c7-3-1-5-2-4-9-6(5)8/h2,4H,1,3H2. The molecule has 9 heavy (non-hydrogen) atoms. The van der Waals surface area contributed by atoms with Crippen LogP contribution in [-0.4, -0.2) is 5.33 Å². The zero-order valence-corrected chi connectivity index (χ0v) is 7.89. The lowest BCUT2D eigenvalue weighted by Crippen LogP contribution is -1.80. The van der Waals surface area contributed by atoms with E-state index < -0.39 is 0 Å². The molecule has 1 aromatic rings. The van der Waals surface area contributed by atoms with Gasteiger partial charge in [-0.25, -0.2) is 0 Å². The van der Waals surface area contributed by atoms with E-state index in [4.69, 9.17) is 11.6 Å². The van der Waals surface area contributed by atoms with Crippen LogP contribution in [0.5, 0.6) is 0 Å². The van der Waals surface area contributed by atoms with E-state index in [2.05, 4.69) is 22.0 Å². The van der Waals surface area contributed by atoms with Gasteiger partial charge >= 0.3 is 0 Å². The Kier molecular flexibility index (Phi) is 3.02. The largest absolute Gasteiger partial charge is 0.132 e. The first-order valence-corrected chi connectivity index (χ1v) is 5.00. The number of halogens is 2. The molecule has 0 aliphatic carbocycles. The normalized spacial score (nSPS) is 10.0. The van der Waals surface area contributed by atoms with Crippen LogP contribution < -0.4 is 0 Å². The zero-order valence-electron chi connectivity index (χ0n) is 4.73. The summed E-state index contributed by atoms with van der Waals surface area (Å²) in [4.78, 5) is 0. The van der Waals surface area contributed by atoms with Crippen molar-refractivity contribution in [2.75, 3.05) is 5.33 Å². The van der Waals surface area contributed by atoms with Crippen LogP contribution in [-0.2, 0) is 6.42 Å². The van der Waals surface area contributed by atoms with Crippen molar-refractivity contribution < 1.29 is 0 Å². The molecule has 0 amide bonds. The van der Waals surface area contributed by atoms with Gasteiger partial charge in [0.1, 0.15) is 0 Å². The average Bonchev–Trinajstić information content (AvgIpc) is 2.18. The zero-order chi connectivity index (χ0) is 6.69. The molecule has 0 aliphatic rings. The van der Waals surface area contributed by atoms with Crippen molar-refractivity contribution in [2.24, 2.45) is 0 Å². The minimum absolute atomic E-state index is 0.925. The summed E-state index contributed by atoms with van der Waals surface area (Å²) in [7, 11) is 0. The summed E-state index contributed by atoms with van der Waals surface area (Å²) in [6, 6.07) is 2.06.